The van der Waals surface area contributed by atoms with Crippen molar-refractivity contribution >= 4 is 22.8 Å². The van der Waals surface area contributed by atoms with Crippen LogP contribution in [0, 0.1) is 0 Å². The van der Waals surface area contributed by atoms with Gasteiger partial charge in [0.25, 0.3) is 5.56 Å². The predicted molar refractivity (Wildman–Crippen MR) is 97.7 cm³/mol. The number of aromatic amines is 1. The summed E-state index contributed by atoms with van der Waals surface area (Å²) in [6.45, 7) is 0. The van der Waals surface area contributed by atoms with Crippen LogP contribution in [0.5, 0.6) is 0 Å². The van der Waals surface area contributed by atoms with Gasteiger partial charge in [-0.05, 0) is 18.6 Å². The standard InChI is InChI=1S/C18H20N6O2/c1-23-10-19-9-14(23)16-13(7-8-15(25)24(16)2)21-18-20-12-6-4-3-5-11(12)17(26)22-18/h3-6,9-10,13,16H,7-8H2,1-2H3,(H2,20,21,22,26)/t13-,16-/m1/s1. The molecule has 0 spiro atoms. The maximum atomic E-state index is 12.3. The highest BCUT2D eigenvalue weighted by molar-refractivity contribution is 5.79. The third kappa shape index (κ3) is 2.73. The number of aryl methyl sites for hydroxylation is 1. The van der Waals surface area contributed by atoms with Crippen LogP contribution in [0.2, 0.25) is 0 Å². The summed E-state index contributed by atoms with van der Waals surface area (Å²) in [6, 6.07) is 6.94. The number of carbonyl (C=O) groups is 1. The van der Waals surface area contributed by atoms with Gasteiger partial charge in [0.05, 0.1) is 41.2 Å². The molecule has 1 aliphatic rings. The second-order valence-corrected chi connectivity index (χ2v) is 6.60. The number of fused-ring (bicyclic) bond motifs is 1. The number of rotatable bonds is 3. The highest BCUT2D eigenvalue weighted by Crippen LogP contribution is 2.32. The molecular weight excluding hydrogens is 332 g/mol. The van der Waals surface area contributed by atoms with Gasteiger partial charge in [-0.15, -0.1) is 0 Å². The summed E-state index contributed by atoms with van der Waals surface area (Å²) in [5, 5.41) is 3.88. The fourth-order valence-electron chi connectivity index (χ4n) is 3.58. The lowest BCUT2D eigenvalue weighted by Crippen LogP contribution is -2.47. The van der Waals surface area contributed by atoms with Gasteiger partial charge in [-0.2, -0.15) is 0 Å². The first-order chi connectivity index (χ1) is 12.5. The molecule has 1 aliphatic heterocycles. The van der Waals surface area contributed by atoms with Crippen molar-refractivity contribution in [2.45, 2.75) is 24.9 Å². The smallest absolute Gasteiger partial charge is 0.260 e. The highest BCUT2D eigenvalue weighted by atomic mass is 16.2. The molecule has 8 nitrogen and oxygen atoms in total. The second-order valence-electron chi connectivity index (χ2n) is 6.60. The van der Waals surface area contributed by atoms with Crippen LogP contribution in [-0.4, -0.2) is 43.4 Å². The van der Waals surface area contributed by atoms with E-state index in [1.165, 1.54) is 0 Å². The fourth-order valence-corrected chi connectivity index (χ4v) is 3.58. The molecule has 0 aliphatic carbocycles. The lowest BCUT2D eigenvalue weighted by molar-refractivity contribution is -0.135. The van der Waals surface area contributed by atoms with Gasteiger partial charge in [0.1, 0.15) is 0 Å². The number of likely N-dealkylation sites (N-methyl/N-ethyl adjacent to an activating group) is 1. The quantitative estimate of drug-likeness (QED) is 0.743. The van der Waals surface area contributed by atoms with E-state index in [4.69, 9.17) is 0 Å². The zero-order valence-electron chi connectivity index (χ0n) is 14.6. The molecule has 0 bridgehead atoms. The Kier molecular flexibility index (Phi) is 3.95. The van der Waals surface area contributed by atoms with Crippen LogP contribution in [0.25, 0.3) is 10.9 Å². The van der Waals surface area contributed by atoms with Gasteiger partial charge in [0, 0.05) is 20.5 Å². The van der Waals surface area contributed by atoms with Crippen LogP contribution in [-0.2, 0) is 11.8 Å². The molecule has 1 amide bonds. The molecule has 4 rings (SSSR count). The zero-order chi connectivity index (χ0) is 18.3. The zero-order valence-corrected chi connectivity index (χ0v) is 14.6. The first-order valence-corrected chi connectivity index (χ1v) is 8.52. The normalized spacial score (nSPS) is 20.5. The van der Waals surface area contributed by atoms with Crippen LogP contribution in [0.3, 0.4) is 0 Å². The van der Waals surface area contributed by atoms with Gasteiger partial charge in [-0.3, -0.25) is 14.6 Å². The van der Waals surface area contributed by atoms with E-state index in [0.29, 0.717) is 29.7 Å². The first-order valence-electron chi connectivity index (χ1n) is 8.52. The summed E-state index contributed by atoms with van der Waals surface area (Å²) in [5.74, 6) is 0.503. The molecule has 134 valence electrons. The maximum Gasteiger partial charge on any atom is 0.260 e. The third-order valence-electron chi connectivity index (χ3n) is 4.95. The number of carbonyl (C=O) groups excluding carboxylic acids is 1. The number of H-pyrrole nitrogens is 1. The minimum absolute atomic E-state index is 0.0857. The lowest BCUT2D eigenvalue weighted by Gasteiger charge is -2.39. The van der Waals surface area contributed by atoms with Gasteiger partial charge in [-0.1, -0.05) is 12.1 Å². The van der Waals surface area contributed by atoms with E-state index in [9.17, 15) is 9.59 Å². The molecule has 1 aromatic carbocycles. The molecule has 2 N–H and O–H groups in total. The Morgan fingerprint density at radius 2 is 2.04 bits per heavy atom. The van der Waals surface area contributed by atoms with Gasteiger partial charge in [-0.25, -0.2) is 9.97 Å². The van der Waals surface area contributed by atoms with E-state index >= 15 is 0 Å². The number of aromatic nitrogens is 4. The molecular formula is C18H20N6O2. The molecule has 3 aromatic rings. The van der Waals surface area contributed by atoms with E-state index in [2.05, 4.69) is 20.3 Å². The Bertz CT molecular complexity index is 1020. The number of amides is 1. The molecule has 0 saturated carbocycles. The van der Waals surface area contributed by atoms with Crippen molar-refractivity contribution in [3.05, 3.63) is 52.8 Å². The van der Waals surface area contributed by atoms with Crippen molar-refractivity contribution in [1.82, 2.24) is 24.4 Å². The predicted octanol–water partition coefficient (Wildman–Crippen LogP) is 1.43. The van der Waals surface area contributed by atoms with Crippen molar-refractivity contribution in [2.24, 2.45) is 7.05 Å². The number of para-hydroxylation sites is 1. The Balaban J connectivity index is 1.71. The molecule has 2 atom stereocenters. The van der Waals surface area contributed by atoms with Gasteiger partial charge in [0.2, 0.25) is 11.9 Å². The molecule has 3 heterocycles. The Labute approximate surface area is 149 Å². The molecule has 26 heavy (non-hydrogen) atoms. The molecule has 1 fully saturated rings. The largest absolute Gasteiger partial charge is 0.350 e. The van der Waals surface area contributed by atoms with Crippen molar-refractivity contribution in [3.63, 3.8) is 0 Å². The fraction of sp³-hybridized carbons (Fsp3) is 0.333. The summed E-state index contributed by atoms with van der Waals surface area (Å²) in [6.07, 6.45) is 4.58. The average Bonchev–Trinajstić information content (AvgIpc) is 3.04. The summed E-state index contributed by atoms with van der Waals surface area (Å²) in [5.41, 5.74) is 1.38. The summed E-state index contributed by atoms with van der Waals surface area (Å²) < 4.78 is 1.91. The molecule has 0 unspecified atom stereocenters. The van der Waals surface area contributed by atoms with Crippen LogP contribution in [0.15, 0.2) is 41.6 Å². The number of anilines is 1. The number of piperidine rings is 1. The van der Waals surface area contributed by atoms with E-state index in [1.54, 1.807) is 30.5 Å². The van der Waals surface area contributed by atoms with Gasteiger partial charge in [0.15, 0.2) is 0 Å². The van der Waals surface area contributed by atoms with Crippen LogP contribution >= 0.6 is 0 Å². The Hall–Kier alpha value is -3.16. The minimum Gasteiger partial charge on any atom is -0.350 e. The number of hydrogen-bond donors (Lipinski definition) is 2. The third-order valence-corrected chi connectivity index (χ3v) is 4.95. The summed E-state index contributed by atoms with van der Waals surface area (Å²) in [7, 11) is 3.70. The lowest BCUT2D eigenvalue weighted by atomic mass is 9.94. The summed E-state index contributed by atoms with van der Waals surface area (Å²) >= 11 is 0. The number of likely N-dealkylation sites (tertiary alicyclic amines) is 1. The van der Waals surface area contributed by atoms with Crippen molar-refractivity contribution in [1.29, 1.82) is 0 Å². The number of nitrogens with one attached hydrogen (secondary N) is 2. The van der Waals surface area contributed by atoms with Gasteiger partial charge >= 0.3 is 0 Å². The molecule has 1 saturated heterocycles. The van der Waals surface area contributed by atoms with E-state index in [1.807, 2.05) is 29.8 Å². The van der Waals surface area contributed by atoms with Gasteiger partial charge < -0.3 is 14.8 Å². The molecule has 8 heteroatoms. The minimum atomic E-state index is -0.194. The van der Waals surface area contributed by atoms with Crippen LogP contribution < -0.4 is 10.9 Å². The van der Waals surface area contributed by atoms with E-state index in [0.717, 1.165) is 5.69 Å². The van der Waals surface area contributed by atoms with Crippen molar-refractivity contribution < 1.29 is 4.79 Å². The average molecular weight is 352 g/mol. The number of imidazole rings is 1. The van der Waals surface area contributed by atoms with Crippen molar-refractivity contribution in [2.75, 3.05) is 12.4 Å². The van der Waals surface area contributed by atoms with E-state index < -0.39 is 0 Å². The number of nitrogens with zero attached hydrogens (tertiary/aromatic N) is 4. The monoisotopic (exact) mass is 352 g/mol. The van der Waals surface area contributed by atoms with E-state index in [-0.39, 0.29) is 23.6 Å². The molecule has 0 radical (unpaired) electrons. The number of hydrogen-bond acceptors (Lipinski definition) is 5. The SMILES string of the molecule is CN1C(=O)CC[C@@H](Nc2nc3ccccc3c(=O)[nH]2)[C@@H]1c1cncn1C. The van der Waals surface area contributed by atoms with Crippen LogP contribution in [0.4, 0.5) is 5.95 Å². The Morgan fingerprint density at radius 3 is 2.81 bits per heavy atom. The maximum absolute atomic E-state index is 12.3. The topological polar surface area (TPSA) is 95.9 Å². The Morgan fingerprint density at radius 1 is 1.23 bits per heavy atom. The number of benzene rings is 1. The highest BCUT2D eigenvalue weighted by Gasteiger charge is 2.36. The molecule has 2 aromatic heterocycles. The van der Waals surface area contributed by atoms with Crippen molar-refractivity contribution in [3.8, 4) is 0 Å². The summed E-state index contributed by atoms with van der Waals surface area (Å²) in [4.78, 5) is 37.8. The second kappa shape index (κ2) is 6.29. The van der Waals surface area contributed by atoms with Crippen LogP contribution in [0.1, 0.15) is 24.6 Å². The first kappa shape index (κ1) is 16.3.